The molecular formula is C16H18F2N2. The van der Waals surface area contributed by atoms with Gasteiger partial charge in [-0.1, -0.05) is 30.3 Å². The average Bonchev–Trinajstić information content (AvgIpc) is 2.43. The number of nitrogen functional groups attached to an aromatic ring is 1. The lowest BCUT2D eigenvalue weighted by Crippen LogP contribution is -2.32. The van der Waals surface area contributed by atoms with Crippen LogP contribution in [0.25, 0.3) is 0 Å². The summed E-state index contributed by atoms with van der Waals surface area (Å²) in [4.78, 5) is 1.77. The van der Waals surface area contributed by atoms with Crippen molar-refractivity contribution in [3.05, 3.63) is 59.7 Å². The van der Waals surface area contributed by atoms with Crippen LogP contribution in [0.3, 0.4) is 0 Å². The van der Waals surface area contributed by atoms with Crippen LogP contribution in [0.4, 0.5) is 20.2 Å². The quantitative estimate of drug-likeness (QED) is 0.856. The molecule has 0 heterocycles. The van der Waals surface area contributed by atoms with E-state index in [0.29, 0.717) is 6.54 Å². The Morgan fingerprint density at radius 3 is 2.30 bits per heavy atom. The minimum absolute atomic E-state index is 0.00574. The van der Waals surface area contributed by atoms with Gasteiger partial charge in [0.25, 0.3) is 0 Å². The molecule has 106 valence electrons. The molecule has 0 aliphatic heterocycles. The lowest BCUT2D eigenvalue weighted by Gasteiger charge is -2.30. The summed E-state index contributed by atoms with van der Waals surface area (Å²) >= 11 is 0. The van der Waals surface area contributed by atoms with Gasteiger partial charge in [0, 0.05) is 12.6 Å². The fourth-order valence-corrected chi connectivity index (χ4v) is 2.15. The molecule has 0 aromatic heterocycles. The van der Waals surface area contributed by atoms with Crippen LogP contribution in [0.1, 0.15) is 19.4 Å². The standard InChI is InChI=1S/C16H18F2N2/c1-11(2)20(10-12-6-4-3-5-7-12)16-14(19)9-8-13(17)15(16)18/h3-9,11H,10,19H2,1-2H3. The first kappa shape index (κ1) is 14.3. The number of rotatable bonds is 4. The van der Waals surface area contributed by atoms with Crippen LogP contribution in [0.2, 0.25) is 0 Å². The number of hydrogen-bond donors (Lipinski definition) is 1. The lowest BCUT2D eigenvalue weighted by molar-refractivity contribution is 0.502. The fourth-order valence-electron chi connectivity index (χ4n) is 2.15. The van der Waals surface area contributed by atoms with Gasteiger partial charge in [0.05, 0.1) is 11.4 Å². The smallest absolute Gasteiger partial charge is 0.184 e. The first-order chi connectivity index (χ1) is 9.50. The van der Waals surface area contributed by atoms with Gasteiger partial charge in [-0.25, -0.2) is 8.78 Å². The highest BCUT2D eigenvalue weighted by molar-refractivity contribution is 5.69. The molecule has 0 saturated heterocycles. The Bertz CT molecular complexity index is 583. The van der Waals surface area contributed by atoms with Crippen LogP contribution >= 0.6 is 0 Å². The van der Waals surface area contributed by atoms with Crippen molar-refractivity contribution in [3.63, 3.8) is 0 Å². The summed E-state index contributed by atoms with van der Waals surface area (Å²) in [6.07, 6.45) is 0. The topological polar surface area (TPSA) is 29.3 Å². The molecule has 2 aromatic carbocycles. The van der Waals surface area contributed by atoms with Crippen molar-refractivity contribution < 1.29 is 8.78 Å². The zero-order chi connectivity index (χ0) is 14.7. The molecule has 0 unspecified atom stereocenters. The molecule has 0 bridgehead atoms. The summed E-state index contributed by atoms with van der Waals surface area (Å²) < 4.78 is 27.5. The Morgan fingerprint density at radius 2 is 1.70 bits per heavy atom. The van der Waals surface area contributed by atoms with Gasteiger partial charge in [-0.05, 0) is 31.5 Å². The van der Waals surface area contributed by atoms with Gasteiger partial charge in [0.1, 0.15) is 0 Å². The first-order valence-electron chi connectivity index (χ1n) is 6.54. The van der Waals surface area contributed by atoms with Crippen LogP contribution < -0.4 is 10.6 Å². The van der Waals surface area contributed by atoms with Gasteiger partial charge >= 0.3 is 0 Å². The Kier molecular flexibility index (Phi) is 4.23. The maximum atomic E-state index is 14.1. The number of hydrogen-bond acceptors (Lipinski definition) is 2. The van der Waals surface area contributed by atoms with E-state index in [2.05, 4.69) is 0 Å². The van der Waals surface area contributed by atoms with E-state index >= 15 is 0 Å². The number of benzene rings is 2. The van der Waals surface area contributed by atoms with Gasteiger partial charge in [0.2, 0.25) is 0 Å². The average molecular weight is 276 g/mol. The van der Waals surface area contributed by atoms with E-state index < -0.39 is 11.6 Å². The molecule has 0 aliphatic carbocycles. The first-order valence-corrected chi connectivity index (χ1v) is 6.54. The third-order valence-electron chi connectivity index (χ3n) is 3.21. The van der Waals surface area contributed by atoms with Crippen molar-refractivity contribution in [2.24, 2.45) is 0 Å². The molecule has 2 nitrogen and oxygen atoms in total. The van der Waals surface area contributed by atoms with Gasteiger partial charge in [-0.15, -0.1) is 0 Å². The monoisotopic (exact) mass is 276 g/mol. The molecule has 2 N–H and O–H groups in total. The Hall–Kier alpha value is -2.10. The molecule has 0 atom stereocenters. The maximum Gasteiger partial charge on any atom is 0.184 e. The third-order valence-corrected chi connectivity index (χ3v) is 3.21. The van der Waals surface area contributed by atoms with E-state index in [-0.39, 0.29) is 17.4 Å². The predicted octanol–water partition coefficient (Wildman–Crippen LogP) is 3.96. The van der Waals surface area contributed by atoms with Crippen LogP contribution in [-0.4, -0.2) is 6.04 Å². The highest BCUT2D eigenvalue weighted by Crippen LogP contribution is 2.31. The number of nitrogens with two attached hydrogens (primary N) is 1. The summed E-state index contributed by atoms with van der Waals surface area (Å²) in [5.74, 6) is -1.78. The molecular weight excluding hydrogens is 258 g/mol. The van der Waals surface area contributed by atoms with E-state index in [1.165, 1.54) is 6.07 Å². The van der Waals surface area contributed by atoms with Gasteiger partial charge in [0.15, 0.2) is 11.6 Å². The lowest BCUT2D eigenvalue weighted by atomic mass is 10.1. The highest BCUT2D eigenvalue weighted by Gasteiger charge is 2.20. The Morgan fingerprint density at radius 1 is 1.05 bits per heavy atom. The van der Waals surface area contributed by atoms with Crippen molar-refractivity contribution in [1.29, 1.82) is 0 Å². The molecule has 0 fully saturated rings. The number of halogens is 2. The van der Waals surface area contributed by atoms with Crippen LogP contribution in [0, 0.1) is 11.6 Å². The molecule has 0 saturated carbocycles. The number of nitrogens with zero attached hydrogens (tertiary/aromatic N) is 1. The van der Waals surface area contributed by atoms with Crippen LogP contribution in [0.5, 0.6) is 0 Å². The van der Waals surface area contributed by atoms with Crippen molar-refractivity contribution in [2.75, 3.05) is 10.6 Å². The van der Waals surface area contributed by atoms with Crippen molar-refractivity contribution in [1.82, 2.24) is 0 Å². The molecule has 4 heteroatoms. The SMILES string of the molecule is CC(C)N(Cc1ccccc1)c1c(N)ccc(F)c1F. The summed E-state index contributed by atoms with van der Waals surface area (Å²) in [5, 5.41) is 0. The van der Waals surface area contributed by atoms with Crippen LogP contribution in [0.15, 0.2) is 42.5 Å². The number of anilines is 2. The summed E-state index contributed by atoms with van der Waals surface area (Å²) in [7, 11) is 0. The van der Waals surface area contributed by atoms with Gasteiger partial charge in [-0.2, -0.15) is 0 Å². The minimum atomic E-state index is -0.894. The van der Waals surface area contributed by atoms with Crippen molar-refractivity contribution in [2.45, 2.75) is 26.4 Å². The van der Waals surface area contributed by atoms with E-state index in [4.69, 9.17) is 5.73 Å². The van der Waals surface area contributed by atoms with Crippen LogP contribution in [-0.2, 0) is 6.54 Å². The maximum absolute atomic E-state index is 14.1. The largest absolute Gasteiger partial charge is 0.397 e. The molecule has 0 radical (unpaired) electrons. The van der Waals surface area contributed by atoms with Gasteiger partial charge < -0.3 is 10.6 Å². The van der Waals surface area contributed by atoms with Crippen molar-refractivity contribution in [3.8, 4) is 0 Å². The normalized spacial score (nSPS) is 10.8. The van der Waals surface area contributed by atoms with Crippen molar-refractivity contribution >= 4 is 11.4 Å². The van der Waals surface area contributed by atoms with Gasteiger partial charge in [-0.3, -0.25) is 0 Å². The van der Waals surface area contributed by atoms with E-state index in [1.807, 2.05) is 44.2 Å². The Labute approximate surface area is 117 Å². The van der Waals surface area contributed by atoms with E-state index in [0.717, 1.165) is 11.6 Å². The predicted molar refractivity (Wildman–Crippen MR) is 78.5 cm³/mol. The molecule has 0 spiro atoms. The molecule has 2 rings (SSSR count). The summed E-state index contributed by atoms with van der Waals surface area (Å²) in [5.41, 5.74) is 7.22. The Balaban J connectivity index is 2.42. The zero-order valence-corrected chi connectivity index (χ0v) is 11.6. The minimum Gasteiger partial charge on any atom is -0.397 e. The second-order valence-corrected chi connectivity index (χ2v) is 5.01. The van der Waals surface area contributed by atoms with E-state index in [1.54, 1.807) is 4.90 Å². The summed E-state index contributed by atoms with van der Waals surface area (Å²) in [6, 6.07) is 12.1. The zero-order valence-electron chi connectivity index (χ0n) is 11.6. The molecule has 20 heavy (non-hydrogen) atoms. The second kappa shape index (κ2) is 5.90. The molecule has 0 amide bonds. The summed E-state index contributed by atoms with van der Waals surface area (Å²) in [6.45, 7) is 4.32. The molecule has 2 aromatic rings. The second-order valence-electron chi connectivity index (χ2n) is 5.01. The third kappa shape index (κ3) is 2.90. The fraction of sp³-hybridized carbons (Fsp3) is 0.250. The molecule has 0 aliphatic rings. The highest BCUT2D eigenvalue weighted by atomic mass is 19.2. The van der Waals surface area contributed by atoms with E-state index in [9.17, 15) is 8.78 Å².